The van der Waals surface area contributed by atoms with Gasteiger partial charge in [-0.15, -0.1) is 0 Å². The van der Waals surface area contributed by atoms with Crippen LogP contribution in [-0.4, -0.2) is 21.4 Å². The lowest BCUT2D eigenvalue weighted by molar-refractivity contribution is 0.340. The van der Waals surface area contributed by atoms with Crippen molar-refractivity contribution in [2.24, 2.45) is 0 Å². The Morgan fingerprint density at radius 3 is 2.76 bits per heavy atom. The summed E-state index contributed by atoms with van der Waals surface area (Å²) in [5.41, 5.74) is 2.25. The van der Waals surface area contributed by atoms with Gasteiger partial charge < -0.3 is 10.1 Å². The molecular weight excluding hydrogens is 336 g/mol. The largest absolute Gasteiger partial charge is 0.494 e. The molecule has 6 heteroatoms. The molecule has 1 aliphatic heterocycles. The molecule has 5 nitrogen and oxygen atoms in total. The third-order valence-corrected chi connectivity index (χ3v) is 4.83. The van der Waals surface area contributed by atoms with E-state index in [1.807, 2.05) is 41.9 Å². The number of nitrogens with one attached hydrogen (secondary N) is 1. The van der Waals surface area contributed by atoms with Crippen molar-refractivity contribution in [2.45, 2.75) is 25.4 Å². The van der Waals surface area contributed by atoms with Gasteiger partial charge in [-0.3, -0.25) is 0 Å². The molecule has 1 aromatic heterocycles. The maximum Gasteiger partial charge on any atom is 0.222 e. The molecule has 4 rings (SSSR count). The first-order chi connectivity index (χ1) is 12.3. The Morgan fingerprint density at radius 1 is 1.20 bits per heavy atom. The van der Waals surface area contributed by atoms with Gasteiger partial charge in [0.05, 0.1) is 18.7 Å². The van der Waals surface area contributed by atoms with Gasteiger partial charge in [0.2, 0.25) is 5.95 Å². The Morgan fingerprint density at radius 2 is 2.00 bits per heavy atom. The molecule has 128 valence electrons. The molecule has 0 fully saturated rings. The third-order valence-electron chi connectivity index (χ3n) is 4.49. The Kier molecular flexibility index (Phi) is 4.32. The summed E-state index contributed by atoms with van der Waals surface area (Å²) in [6.07, 6.45) is 2.42. The van der Waals surface area contributed by atoms with E-state index in [0.717, 1.165) is 28.7 Å². The zero-order valence-corrected chi connectivity index (χ0v) is 14.6. The number of benzene rings is 2. The maximum absolute atomic E-state index is 6.44. The summed E-state index contributed by atoms with van der Waals surface area (Å²) in [6.45, 7) is 2.65. The highest BCUT2D eigenvalue weighted by Gasteiger charge is 2.30. The third kappa shape index (κ3) is 3.07. The Balaban J connectivity index is 1.67. The van der Waals surface area contributed by atoms with Crippen LogP contribution >= 0.6 is 11.6 Å². The van der Waals surface area contributed by atoms with Gasteiger partial charge in [0.1, 0.15) is 12.1 Å². The number of hydrogen-bond acceptors (Lipinski definition) is 4. The van der Waals surface area contributed by atoms with Gasteiger partial charge in [-0.25, -0.2) is 4.68 Å². The van der Waals surface area contributed by atoms with Crippen molar-refractivity contribution in [1.82, 2.24) is 14.8 Å². The lowest BCUT2D eigenvalue weighted by atomic mass is 9.93. The van der Waals surface area contributed by atoms with Crippen LogP contribution in [0.15, 0.2) is 54.9 Å². The summed E-state index contributed by atoms with van der Waals surface area (Å²) in [4.78, 5) is 4.36. The number of rotatable bonds is 4. The van der Waals surface area contributed by atoms with Crippen LogP contribution in [0.2, 0.25) is 5.02 Å². The van der Waals surface area contributed by atoms with Crippen LogP contribution in [0.25, 0.3) is 0 Å². The van der Waals surface area contributed by atoms with E-state index in [0.29, 0.717) is 6.61 Å². The number of anilines is 1. The molecule has 3 aromatic rings. The second-order valence-electron chi connectivity index (χ2n) is 6.00. The molecule has 0 bridgehead atoms. The highest BCUT2D eigenvalue weighted by molar-refractivity contribution is 6.31. The minimum Gasteiger partial charge on any atom is -0.494 e. The van der Waals surface area contributed by atoms with Gasteiger partial charge in [0.15, 0.2) is 0 Å². The first-order valence-corrected chi connectivity index (χ1v) is 8.77. The molecule has 0 saturated carbocycles. The van der Waals surface area contributed by atoms with Crippen molar-refractivity contribution < 1.29 is 4.74 Å². The van der Waals surface area contributed by atoms with E-state index in [-0.39, 0.29) is 12.1 Å². The monoisotopic (exact) mass is 354 g/mol. The van der Waals surface area contributed by atoms with E-state index in [2.05, 4.69) is 33.6 Å². The van der Waals surface area contributed by atoms with E-state index in [1.54, 1.807) is 6.33 Å². The standard InChI is InChI=1S/C19H19ClN4O/c1-2-25-14-9-7-13(8-10-14)17-11-18(15-5-3-4-6-16(15)20)24-19(23-17)21-12-22-24/h3-10,12,17-18H,2,11H2,1H3,(H,21,22,23)/t17-,18+/m0/s1. The van der Waals surface area contributed by atoms with Gasteiger partial charge in [0.25, 0.3) is 0 Å². The van der Waals surface area contributed by atoms with Crippen LogP contribution in [0.1, 0.15) is 36.6 Å². The Labute approximate surface area is 151 Å². The summed E-state index contributed by atoms with van der Waals surface area (Å²) >= 11 is 6.44. The number of ether oxygens (including phenoxy) is 1. The molecule has 0 unspecified atom stereocenters. The Hall–Kier alpha value is -2.53. The van der Waals surface area contributed by atoms with Crippen LogP contribution in [0.4, 0.5) is 5.95 Å². The molecule has 0 saturated heterocycles. The van der Waals surface area contributed by atoms with Crippen molar-refractivity contribution >= 4 is 17.5 Å². The van der Waals surface area contributed by atoms with Crippen molar-refractivity contribution in [3.63, 3.8) is 0 Å². The van der Waals surface area contributed by atoms with Crippen LogP contribution in [0, 0.1) is 0 Å². The van der Waals surface area contributed by atoms with Crippen molar-refractivity contribution in [2.75, 3.05) is 11.9 Å². The highest BCUT2D eigenvalue weighted by atomic mass is 35.5. The van der Waals surface area contributed by atoms with Crippen LogP contribution < -0.4 is 10.1 Å². The van der Waals surface area contributed by atoms with Crippen LogP contribution in [-0.2, 0) is 0 Å². The summed E-state index contributed by atoms with van der Waals surface area (Å²) in [6, 6.07) is 16.3. The van der Waals surface area contributed by atoms with Gasteiger partial charge in [-0.2, -0.15) is 10.1 Å². The van der Waals surface area contributed by atoms with E-state index in [9.17, 15) is 0 Å². The van der Waals surface area contributed by atoms with Crippen molar-refractivity contribution in [3.05, 3.63) is 71.0 Å². The zero-order valence-electron chi connectivity index (χ0n) is 13.9. The lowest BCUT2D eigenvalue weighted by Crippen LogP contribution is -2.28. The number of nitrogens with zero attached hydrogens (tertiary/aromatic N) is 3. The smallest absolute Gasteiger partial charge is 0.222 e. The Bertz CT molecular complexity index is 862. The first kappa shape index (κ1) is 16.0. The lowest BCUT2D eigenvalue weighted by Gasteiger charge is -2.32. The van der Waals surface area contributed by atoms with Crippen LogP contribution in [0.5, 0.6) is 5.75 Å². The van der Waals surface area contributed by atoms with E-state index < -0.39 is 0 Å². The summed E-state index contributed by atoms with van der Waals surface area (Å²) in [7, 11) is 0. The molecule has 1 aliphatic rings. The fourth-order valence-corrected chi connectivity index (χ4v) is 3.57. The number of hydrogen-bond donors (Lipinski definition) is 1. The second kappa shape index (κ2) is 6.76. The highest BCUT2D eigenvalue weighted by Crippen LogP contribution is 2.39. The molecule has 0 amide bonds. The SMILES string of the molecule is CCOc1ccc([C@@H]2C[C@H](c3ccccc3Cl)n3ncnc3N2)cc1. The fraction of sp³-hybridized carbons (Fsp3) is 0.263. The van der Waals surface area contributed by atoms with Gasteiger partial charge in [-0.05, 0) is 42.7 Å². The molecule has 1 N–H and O–H groups in total. The molecule has 2 aromatic carbocycles. The first-order valence-electron chi connectivity index (χ1n) is 8.39. The minimum absolute atomic E-state index is 0.0454. The minimum atomic E-state index is 0.0454. The average molecular weight is 355 g/mol. The molecular formula is C19H19ClN4O. The summed E-state index contributed by atoms with van der Waals surface area (Å²) in [5.74, 6) is 1.64. The number of aromatic nitrogens is 3. The quantitative estimate of drug-likeness (QED) is 0.750. The summed E-state index contributed by atoms with van der Waals surface area (Å²) < 4.78 is 7.44. The van der Waals surface area contributed by atoms with Crippen molar-refractivity contribution in [1.29, 1.82) is 0 Å². The van der Waals surface area contributed by atoms with E-state index in [4.69, 9.17) is 16.3 Å². The molecule has 0 radical (unpaired) electrons. The average Bonchev–Trinajstić information content (AvgIpc) is 3.11. The molecule has 0 spiro atoms. The van der Waals surface area contributed by atoms with E-state index >= 15 is 0 Å². The van der Waals surface area contributed by atoms with Crippen LogP contribution in [0.3, 0.4) is 0 Å². The number of fused-ring (bicyclic) bond motifs is 1. The fourth-order valence-electron chi connectivity index (χ4n) is 3.31. The molecule has 2 atom stereocenters. The normalized spacial score (nSPS) is 19.1. The number of halogens is 1. The molecule has 25 heavy (non-hydrogen) atoms. The maximum atomic E-state index is 6.44. The molecule has 2 heterocycles. The van der Waals surface area contributed by atoms with Gasteiger partial charge in [0, 0.05) is 5.02 Å². The predicted octanol–water partition coefficient (Wildman–Crippen LogP) is 4.48. The topological polar surface area (TPSA) is 52.0 Å². The van der Waals surface area contributed by atoms with Gasteiger partial charge in [-0.1, -0.05) is 41.9 Å². The zero-order chi connectivity index (χ0) is 17.2. The summed E-state index contributed by atoms with van der Waals surface area (Å²) in [5, 5.41) is 8.61. The second-order valence-corrected chi connectivity index (χ2v) is 6.41. The van der Waals surface area contributed by atoms with Crippen molar-refractivity contribution in [3.8, 4) is 5.75 Å². The van der Waals surface area contributed by atoms with Gasteiger partial charge >= 0.3 is 0 Å². The van der Waals surface area contributed by atoms with E-state index in [1.165, 1.54) is 5.56 Å². The predicted molar refractivity (Wildman–Crippen MR) is 98.2 cm³/mol. The molecule has 0 aliphatic carbocycles.